The first-order chi connectivity index (χ1) is 13.7. The molecular formula is C23H29N3NaO3-. The molecule has 6 nitrogen and oxygen atoms in total. The van der Waals surface area contributed by atoms with Crippen LogP contribution in [0, 0.1) is 17.6 Å². The first-order valence-corrected chi connectivity index (χ1v) is 10.2. The van der Waals surface area contributed by atoms with E-state index in [4.69, 9.17) is 10.1 Å². The molecule has 2 amide bonds. The zero-order chi connectivity index (χ0) is 21.0. The summed E-state index contributed by atoms with van der Waals surface area (Å²) in [7, 11) is 0. The van der Waals surface area contributed by atoms with Gasteiger partial charge in [-0.3, -0.25) is 10.9 Å². The first kappa shape index (κ1) is 24.6. The van der Waals surface area contributed by atoms with Crippen molar-refractivity contribution in [2.24, 2.45) is 0 Å². The molecule has 156 valence electrons. The molecular weight excluding hydrogens is 389 g/mol. The average molecular weight is 418 g/mol. The number of nitrogens with zero attached hydrogens (tertiary/aromatic N) is 1. The molecule has 0 aromatic heterocycles. The summed E-state index contributed by atoms with van der Waals surface area (Å²) in [5.74, 6) is 0.697. The van der Waals surface area contributed by atoms with Gasteiger partial charge in [0.15, 0.2) is 0 Å². The third-order valence-electron chi connectivity index (χ3n) is 4.95. The Bertz CT molecular complexity index is 798. The molecule has 1 aromatic rings. The zero-order valence-corrected chi connectivity index (χ0v) is 20.4. The fourth-order valence-electron chi connectivity index (χ4n) is 3.42. The van der Waals surface area contributed by atoms with Gasteiger partial charge >= 0.3 is 35.7 Å². The van der Waals surface area contributed by atoms with Crippen molar-refractivity contribution < 1.29 is 43.9 Å². The van der Waals surface area contributed by atoms with Crippen molar-refractivity contribution in [3.63, 3.8) is 0 Å². The molecule has 1 unspecified atom stereocenters. The predicted molar refractivity (Wildman–Crippen MR) is 111 cm³/mol. The Kier molecular flexibility index (Phi) is 8.71. The van der Waals surface area contributed by atoms with Gasteiger partial charge in [-0.1, -0.05) is 6.42 Å². The molecule has 0 bridgehead atoms. The standard InChI is InChI=1S/C14H20N3O3.C9H9.Na/c1-14(2,3)20-13(19)17-6-4-5-9-10(15)7-12(18)16-8-11(9)17;1-2-4-8(5-3-1)9-6-7-9;/h11,15H,4,6-8H2,1-3H3,(H,16,18);2-5,9H,6-7H2;/q2*-1;+1. The largest absolute Gasteiger partial charge is 1.00 e. The van der Waals surface area contributed by atoms with E-state index in [0.717, 1.165) is 5.92 Å². The third kappa shape index (κ3) is 6.96. The molecule has 3 aliphatic rings. The van der Waals surface area contributed by atoms with Crippen LogP contribution in [-0.2, 0) is 9.53 Å². The van der Waals surface area contributed by atoms with Crippen molar-refractivity contribution in [3.05, 3.63) is 47.5 Å². The van der Waals surface area contributed by atoms with Gasteiger partial charge in [-0.05, 0) is 39.5 Å². The van der Waals surface area contributed by atoms with Crippen molar-refractivity contribution >= 4 is 17.7 Å². The number of nitrogens with one attached hydrogen (secondary N) is 2. The molecule has 0 radical (unpaired) electrons. The Balaban J connectivity index is 0.000000266. The number of hydrogen-bond acceptors (Lipinski definition) is 4. The second-order valence-electron chi connectivity index (χ2n) is 8.60. The van der Waals surface area contributed by atoms with Crippen LogP contribution < -0.4 is 34.9 Å². The number of carbonyl (C=O) groups is 2. The minimum atomic E-state index is -0.566. The van der Waals surface area contributed by atoms with E-state index in [1.54, 1.807) is 4.90 Å². The van der Waals surface area contributed by atoms with Crippen molar-refractivity contribution in [1.82, 2.24) is 10.2 Å². The number of ether oxygens (including phenoxy) is 1. The van der Waals surface area contributed by atoms with Crippen LogP contribution in [0.4, 0.5) is 4.79 Å². The van der Waals surface area contributed by atoms with E-state index in [0.29, 0.717) is 25.1 Å². The van der Waals surface area contributed by atoms with E-state index in [-0.39, 0.29) is 53.6 Å². The maximum Gasteiger partial charge on any atom is 1.00 e. The number of rotatable bonds is 1. The number of benzene rings is 1. The van der Waals surface area contributed by atoms with E-state index >= 15 is 0 Å². The van der Waals surface area contributed by atoms with E-state index in [1.165, 1.54) is 18.4 Å². The molecule has 2 aliphatic heterocycles. The fraction of sp³-hybridized carbons (Fsp3) is 0.522. The number of amides is 2. The minimum absolute atomic E-state index is 0. The summed E-state index contributed by atoms with van der Waals surface area (Å²) in [6.07, 6.45) is 6.10. The summed E-state index contributed by atoms with van der Waals surface area (Å²) in [5.41, 5.74) is 1.80. The molecule has 1 saturated heterocycles. The Hall–Kier alpha value is -1.63. The summed E-state index contributed by atoms with van der Waals surface area (Å²) in [6.45, 7) is 6.24. The topological polar surface area (TPSA) is 82.5 Å². The van der Waals surface area contributed by atoms with Gasteiger partial charge in [-0.25, -0.2) is 4.79 Å². The number of hydrogen-bond donors (Lipinski definition) is 2. The Labute approximate surface area is 201 Å². The first-order valence-electron chi connectivity index (χ1n) is 10.2. The molecule has 30 heavy (non-hydrogen) atoms. The maximum absolute atomic E-state index is 12.2. The third-order valence-corrected chi connectivity index (χ3v) is 4.95. The molecule has 2 N–H and O–H groups in total. The smallest absolute Gasteiger partial charge is 0.444 e. The number of carbonyl (C=O) groups excluding carboxylic acids is 2. The van der Waals surface area contributed by atoms with Crippen molar-refractivity contribution in [1.29, 1.82) is 5.41 Å². The summed E-state index contributed by atoms with van der Waals surface area (Å²) in [5, 5.41) is 10.7. The maximum atomic E-state index is 12.2. The zero-order valence-electron chi connectivity index (χ0n) is 18.4. The Morgan fingerprint density at radius 3 is 2.53 bits per heavy atom. The van der Waals surface area contributed by atoms with Crippen molar-refractivity contribution in [2.75, 3.05) is 13.1 Å². The molecule has 7 heteroatoms. The summed E-state index contributed by atoms with van der Waals surface area (Å²) >= 11 is 0. The fourth-order valence-corrected chi connectivity index (χ4v) is 3.42. The molecule has 4 rings (SSSR count). The van der Waals surface area contributed by atoms with Gasteiger partial charge in [0.25, 0.3) is 0 Å². The summed E-state index contributed by atoms with van der Waals surface area (Å²) < 4.78 is 5.39. The summed E-state index contributed by atoms with van der Waals surface area (Å²) in [4.78, 5) is 25.3. The van der Waals surface area contributed by atoms with Crippen LogP contribution in [0.15, 0.2) is 29.8 Å². The summed E-state index contributed by atoms with van der Waals surface area (Å²) in [6, 6.07) is 11.0. The van der Waals surface area contributed by atoms with Crippen LogP contribution >= 0.6 is 0 Å². The van der Waals surface area contributed by atoms with Gasteiger partial charge in [-0.2, -0.15) is 41.5 Å². The monoisotopic (exact) mass is 418 g/mol. The van der Waals surface area contributed by atoms with Gasteiger partial charge in [0.1, 0.15) is 5.60 Å². The van der Waals surface area contributed by atoms with Gasteiger partial charge in [-0.15, -0.1) is 5.71 Å². The van der Waals surface area contributed by atoms with Crippen molar-refractivity contribution in [2.45, 2.75) is 64.0 Å². The van der Waals surface area contributed by atoms with E-state index in [1.807, 2.05) is 32.9 Å². The van der Waals surface area contributed by atoms with Crippen LogP contribution in [0.3, 0.4) is 0 Å². The molecule has 0 spiro atoms. The van der Waals surface area contributed by atoms with E-state index < -0.39 is 11.7 Å². The molecule has 2 fully saturated rings. The molecule has 1 saturated carbocycles. The second kappa shape index (κ2) is 10.6. The van der Waals surface area contributed by atoms with Gasteiger partial charge in [0.2, 0.25) is 5.91 Å². The quantitative estimate of drug-likeness (QED) is 0.519. The van der Waals surface area contributed by atoms with Crippen LogP contribution in [0.25, 0.3) is 0 Å². The van der Waals surface area contributed by atoms with Crippen LogP contribution in [0.1, 0.15) is 57.9 Å². The molecule has 1 aliphatic carbocycles. The predicted octanol–water partition coefficient (Wildman–Crippen LogP) is 0.633. The second-order valence-corrected chi connectivity index (χ2v) is 8.60. The normalized spacial score (nSPS) is 21.0. The van der Waals surface area contributed by atoms with Crippen molar-refractivity contribution in [3.8, 4) is 0 Å². The minimum Gasteiger partial charge on any atom is -0.444 e. The van der Waals surface area contributed by atoms with E-state index in [2.05, 4.69) is 29.6 Å². The van der Waals surface area contributed by atoms with E-state index in [9.17, 15) is 9.59 Å². The number of fused-ring (bicyclic) bond motifs is 1. The molecule has 1 aromatic carbocycles. The van der Waals surface area contributed by atoms with Crippen LogP contribution in [-0.4, -0.2) is 47.3 Å². The van der Waals surface area contributed by atoms with Crippen LogP contribution in [0.2, 0.25) is 0 Å². The van der Waals surface area contributed by atoms with Gasteiger partial charge in [0, 0.05) is 25.6 Å². The van der Waals surface area contributed by atoms with Gasteiger partial charge in [0.05, 0.1) is 0 Å². The average Bonchev–Trinajstić information content (AvgIpc) is 3.51. The Morgan fingerprint density at radius 2 is 1.93 bits per heavy atom. The Morgan fingerprint density at radius 1 is 1.27 bits per heavy atom. The SMILES string of the molecule is CC(C)(C)OC(=O)N1CC[C-]=C2C(=N)CC(=O)NCC21.[Na+].[c-]1ccc(C2CC2)cc1. The van der Waals surface area contributed by atoms with Gasteiger partial charge < -0.3 is 20.4 Å². The molecule has 1 atom stereocenters. The molecule has 2 heterocycles. The van der Waals surface area contributed by atoms with Crippen LogP contribution in [0.5, 0.6) is 0 Å².